The summed E-state index contributed by atoms with van der Waals surface area (Å²) in [5.74, 6) is -0.278. The van der Waals surface area contributed by atoms with Crippen LogP contribution < -0.4 is 5.32 Å². The molecule has 0 fully saturated rings. The first-order chi connectivity index (χ1) is 9.99. The summed E-state index contributed by atoms with van der Waals surface area (Å²) >= 11 is 5.76. The largest absolute Gasteiger partial charge is 0.306 e. The molecule has 2 aromatic carbocycles. The molecular weight excluding hydrogens is 295 g/mol. The lowest BCUT2D eigenvalue weighted by Gasteiger charge is -2.15. The Labute approximate surface area is 126 Å². The van der Waals surface area contributed by atoms with Crippen molar-refractivity contribution < 1.29 is 9.31 Å². The topological polar surface area (TPSA) is 55.2 Å². The number of hydrogen-bond donors (Lipinski definition) is 1. The summed E-state index contributed by atoms with van der Waals surface area (Å²) in [6, 6.07) is 10.9. The highest BCUT2D eigenvalue weighted by Gasteiger charge is 2.14. The summed E-state index contributed by atoms with van der Waals surface area (Å²) in [7, 11) is 0. The number of benzene rings is 2. The van der Waals surface area contributed by atoms with Crippen molar-refractivity contribution in [2.45, 2.75) is 19.5 Å². The van der Waals surface area contributed by atoms with Crippen molar-refractivity contribution in [2.24, 2.45) is 0 Å². The van der Waals surface area contributed by atoms with E-state index in [0.717, 1.165) is 0 Å². The van der Waals surface area contributed by atoms with Crippen LogP contribution in [0.1, 0.15) is 24.1 Å². The Morgan fingerprint density at radius 2 is 2.05 bits per heavy atom. The quantitative estimate of drug-likeness (QED) is 0.664. The highest BCUT2D eigenvalue weighted by Crippen LogP contribution is 2.25. The first-order valence-electron chi connectivity index (χ1n) is 6.39. The van der Waals surface area contributed by atoms with Crippen LogP contribution in [0.25, 0.3) is 0 Å². The molecule has 0 aliphatic heterocycles. The third-order valence-corrected chi connectivity index (χ3v) is 3.51. The lowest BCUT2D eigenvalue weighted by atomic mass is 10.1. The van der Waals surface area contributed by atoms with Crippen molar-refractivity contribution in [1.82, 2.24) is 5.32 Å². The molecule has 0 aromatic heterocycles. The number of rotatable bonds is 5. The molecule has 0 amide bonds. The van der Waals surface area contributed by atoms with Gasteiger partial charge in [0.05, 0.1) is 4.92 Å². The van der Waals surface area contributed by atoms with Crippen molar-refractivity contribution in [3.8, 4) is 0 Å². The number of hydrogen-bond acceptors (Lipinski definition) is 3. The highest BCUT2D eigenvalue weighted by molar-refractivity contribution is 6.32. The number of nitro groups is 1. The van der Waals surface area contributed by atoms with E-state index < -0.39 is 4.92 Å². The van der Waals surface area contributed by atoms with Crippen LogP contribution in [0, 0.1) is 15.9 Å². The van der Waals surface area contributed by atoms with E-state index >= 15 is 0 Å². The molecule has 0 aliphatic rings. The Hall–Kier alpha value is -1.98. The lowest BCUT2D eigenvalue weighted by Crippen LogP contribution is -2.19. The van der Waals surface area contributed by atoms with Crippen molar-refractivity contribution in [3.63, 3.8) is 0 Å². The molecule has 4 nitrogen and oxygen atoms in total. The fourth-order valence-corrected chi connectivity index (χ4v) is 2.20. The van der Waals surface area contributed by atoms with Crippen LogP contribution in [0.2, 0.25) is 5.02 Å². The van der Waals surface area contributed by atoms with Crippen molar-refractivity contribution in [2.75, 3.05) is 0 Å². The molecule has 0 saturated carbocycles. The molecule has 1 unspecified atom stereocenters. The van der Waals surface area contributed by atoms with Gasteiger partial charge in [-0.05, 0) is 24.6 Å². The fraction of sp³-hybridized carbons (Fsp3) is 0.200. The van der Waals surface area contributed by atoms with Crippen LogP contribution in [0.4, 0.5) is 10.1 Å². The van der Waals surface area contributed by atoms with Gasteiger partial charge in [-0.25, -0.2) is 4.39 Å². The van der Waals surface area contributed by atoms with Crippen LogP contribution in [-0.4, -0.2) is 4.92 Å². The standard InChI is InChI=1S/C15H14ClFN2O2/c1-10(12-4-2-3-5-14(12)17)18-9-11-6-7-13(16)15(8-11)19(20)21/h2-8,10,18H,9H2,1H3. The molecular formula is C15H14ClFN2O2. The van der Waals surface area contributed by atoms with Gasteiger partial charge in [-0.1, -0.05) is 35.9 Å². The Balaban J connectivity index is 2.08. The van der Waals surface area contributed by atoms with E-state index in [4.69, 9.17) is 11.6 Å². The van der Waals surface area contributed by atoms with Gasteiger partial charge in [0, 0.05) is 24.2 Å². The fourth-order valence-electron chi connectivity index (χ4n) is 2.02. The number of nitrogens with zero attached hydrogens (tertiary/aromatic N) is 1. The molecule has 6 heteroatoms. The van der Waals surface area contributed by atoms with Gasteiger partial charge in [-0.15, -0.1) is 0 Å². The van der Waals surface area contributed by atoms with Crippen molar-refractivity contribution in [1.29, 1.82) is 0 Å². The monoisotopic (exact) mass is 308 g/mol. The second kappa shape index (κ2) is 6.65. The van der Waals surface area contributed by atoms with Gasteiger partial charge in [0.1, 0.15) is 10.8 Å². The minimum absolute atomic E-state index is 0.103. The Kier molecular flexibility index (Phi) is 4.88. The van der Waals surface area contributed by atoms with Crippen molar-refractivity contribution in [3.05, 3.63) is 74.5 Å². The van der Waals surface area contributed by atoms with Gasteiger partial charge in [0.2, 0.25) is 0 Å². The van der Waals surface area contributed by atoms with Gasteiger partial charge in [-0.2, -0.15) is 0 Å². The predicted molar refractivity (Wildman–Crippen MR) is 79.8 cm³/mol. The van der Waals surface area contributed by atoms with E-state index in [2.05, 4.69) is 5.32 Å². The van der Waals surface area contributed by atoms with Crippen LogP contribution >= 0.6 is 11.6 Å². The maximum atomic E-state index is 13.6. The smallest absolute Gasteiger partial charge is 0.288 e. The van der Waals surface area contributed by atoms with E-state index in [1.165, 1.54) is 18.2 Å². The molecule has 0 spiro atoms. The summed E-state index contributed by atoms with van der Waals surface area (Å²) in [5.41, 5.74) is 1.14. The van der Waals surface area contributed by atoms with Gasteiger partial charge in [-0.3, -0.25) is 10.1 Å². The molecule has 2 rings (SSSR count). The minimum Gasteiger partial charge on any atom is -0.306 e. The van der Waals surface area contributed by atoms with E-state index in [-0.39, 0.29) is 22.6 Å². The average molecular weight is 309 g/mol. The third kappa shape index (κ3) is 3.77. The maximum Gasteiger partial charge on any atom is 0.288 e. The molecule has 110 valence electrons. The first kappa shape index (κ1) is 15.4. The number of halogens is 2. The predicted octanol–water partition coefficient (Wildman–Crippen LogP) is 4.24. The summed E-state index contributed by atoms with van der Waals surface area (Å²) in [6.07, 6.45) is 0. The highest BCUT2D eigenvalue weighted by atomic mass is 35.5. The number of nitro benzene ring substituents is 1. The van der Waals surface area contributed by atoms with Gasteiger partial charge >= 0.3 is 0 Å². The molecule has 0 radical (unpaired) electrons. The van der Waals surface area contributed by atoms with Crippen molar-refractivity contribution >= 4 is 17.3 Å². The molecule has 2 aromatic rings. The SMILES string of the molecule is CC(NCc1ccc(Cl)c([N+](=O)[O-])c1)c1ccccc1F. The van der Waals surface area contributed by atoms with Crippen LogP contribution in [0.5, 0.6) is 0 Å². The molecule has 0 bridgehead atoms. The van der Waals surface area contributed by atoms with Crippen LogP contribution in [-0.2, 0) is 6.54 Å². The Morgan fingerprint density at radius 3 is 2.71 bits per heavy atom. The average Bonchev–Trinajstić information content (AvgIpc) is 2.46. The second-order valence-electron chi connectivity index (χ2n) is 4.67. The molecule has 1 N–H and O–H groups in total. The minimum atomic E-state index is -0.522. The zero-order chi connectivity index (χ0) is 15.4. The van der Waals surface area contributed by atoms with E-state index in [0.29, 0.717) is 17.7 Å². The normalized spacial score (nSPS) is 12.1. The third-order valence-electron chi connectivity index (χ3n) is 3.19. The van der Waals surface area contributed by atoms with E-state index in [1.807, 2.05) is 6.92 Å². The molecule has 0 saturated heterocycles. The van der Waals surface area contributed by atoms with Gasteiger partial charge in [0.25, 0.3) is 5.69 Å². The molecule has 0 aliphatic carbocycles. The summed E-state index contributed by atoms with van der Waals surface area (Å²) in [6.45, 7) is 2.22. The van der Waals surface area contributed by atoms with E-state index in [1.54, 1.807) is 24.3 Å². The zero-order valence-electron chi connectivity index (χ0n) is 11.3. The second-order valence-corrected chi connectivity index (χ2v) is 5.07. The number of nitrogens with one attached hydrogen (secondary N) is 1. The van der Waals surface area contributed by atoms with Crippen LogP contribution in [0.3, 0.4) is 0 Å². The van der Waals surface area contributed by atoms with E-state index in [9.17, 15) is 14.5 Å². The zero-order valence-corrected chi connectivity index (χ0v) is 12.1. The van der Waals surface area contributed by atoms with Crippen LogP contribution in [0.15, 0.2) is 42.5 Å². The molecule has 1 atom stereocenters. The Bertz CT molecular complexity index is 664. The summed E-state index contributed by atoms with van der Waals surface area (Å²) in [5, 5.41) is 14.1. The Morgan fingerprint density at radius 1 is 1.33 bits per heavy atom. The summed E-state index contributed by atoms with van der Waals surface area (Å²) in [4.78, 5) is 10.3. The lowest BCUT2D eigenvalue weighted by molar-refractivity contribution is -0.384. The molecule has 21 heavy (non-hydrogen) atoms. The molecule has 0 heterocycles. The van der Waals surface area contributed by atoms with Gasteiger partial charge < -0.3 is 5.32 Å². The maximum absolute atomic E-state index is 13.6. The van der Waals surface area contributed by atoms with Gasteiger partial charge in [0.15, 0.2) is 0 Å². The first-order valence-corrected chi connectivity index (χ1v) is 6.77. The summed E-state index contributed by atoms with van der Waals surface area (Å²) < 4.78 is 13.6.